The van der Waals surface area contributed by atoms with Crippen molar-refractivity contribution in [2.75, 3.05) is 7.11 Å². The van der Waals surface area contributed by atoms with E-state index in [1.165, 1.54) is 57.8 Å². The number of methoxy groups -OCH3 is 1. The Morgan fingerprint density at radius 2 is 1.53 bits per heavy atom. The van der Waals surface area contributed by atoms with Crippen molar-refractivity contribution in [3.8, 4) is 0 Å². The molecule has 0 saturated heterocycles. The van der Waals surface area contributed by atoms with Crippen LogP contribution in [0.25, 0.3) is 0 Å². The SMILES string of the molecule is CO[C@@H]1CCCC[C@@H]1NC1CCCCC1. The van der Waals surface area contributed by atoms with E-state index in [1.54, 1.807) is 0 Å². The number of ether oxygens (including phenoxy) is 1. The highest BCUT2D eigenvalue weighted by molar-refractivity contribution is 4.85. The normalized spacial score (nSPS) is 34.2. The van der Waals surface area contributed by atoms with Gasteiger partial charge in [-0.2, -0.15) is 0 Å². The zero-order chi connectivity index (χ0) is 10.5. The van der Waals surface area contributed by atoms with Crippen molar-refractivity contribution in [2.24, 2.45) is 0 Å². The van der Waals surface area contributed by atoms with Crippen LogP contribution in [-0.4, -0.2) is 25.3 Å². The molecule has 2 fully saturated rings. The molecule has 2 heteroatoms. The summed E-state index contributed by atoms with van der Waals surface area (Å²) in [6.45, 7) is 0. The largest absolute Gasteiger partial charge is 0.380 e. The Balaban J connectivity index is 1.79. The summed E-state index contributed by atoms with van der Waals surface area (Å²) >= 11 is 0. The third-order valence-corrected chi connectivity index (χ3v) is 4.06. The van der Waals surface area contributed by atoms with Gasteiger partial charge in [-0.15, -0.1) is 0 Å². The molecule has 2 rings (SSSR count). The van der Waals surface area contributed by atoms with Crippen LogP contribution in [0.1, 0.15) is 57.8 Å². The van der Waals surface area contributed by atoms with Gasteiger partial charge in [0, 0.05) is 19.2 Å². The van der Waals surface area contributed by atoms with Gasteiger partial charge in [-0.05, 0) is 25.7 Å². The Labute approximate surface area is 93.8 Å². The monoisotopic (exact) mass is 211 g/mol. The Bertz CT molecular complexity index is 177. The molecule has 0 unspecified atom stereocenters. The van der Waals surface area contributed by atoms with Crippen molar-refractivity contribution in [3.63, 3.8) is 0 Å². The molecule has 2 aliphatic rings. The van der Waals surface area contributed by atoms with Crippen LogP contribution in [0.15, 0.2) is 0 Å². The topological polar surface area (TPSA) is 21.3 Å². The molecule has 0 radical (unpaired) electrons. The molecule has 0 aromatic heterocycles. The van der Waals surface area contributed by atoms with E-state index in [4.69, 9.17) is 4.74 Å². The van der Waals surface area contributed by atoms with Crippen LogP contribution < -0.4 is 5.32 Å². The van der Waals surface area contributed by atoms with Crippen LogP contribution >= 0.6 is 0 Å². The average Bonchev–Trinajstić information content (AvgIpc) is 2.31. The average molecular weight is 211 g/mol. The molecular weight excluding hydrogens is 186 g/mol. The van der Waals surface area contributed by atoms with Crippen molar-refractivity contribution < 1.29 is 4.74 Å². The second-order valence-corrected chi connectivity index (χ2v) is 5.17. The molecule has 2 aliphatic carbocycles. The van der Waals surface area contributed by atoms with Crippen LogP contribution in [-0.2, 0) is 4.74 Å². The Hall–Kier alpha value is -0.0800. The third-order valence-electron chi connectivity index (χ3n) is 4.06. The summed E-state index contributed by atoms with van der Waals surface area (Å²) in [7, 11) is 1.87. The molecule has 15 heavy (non-hydrogen) atoms. The predicted octanol–water partition coefficient (Wildman–Crippen LogP) is 2.87. The summed E-state index contributed by atoms with van der Waals surface area (Å²) < 4.78 is 5.58. The van der Waals surface area contributed by atoms with Gasteiger partial charge >= 0.3 is 0 Å². The van der Waals surface area contributed by atoms with E-state index in [1.807, 2.05) is 7.11 Å². The Morgan fingerprint density at radius 1 is 0.867 bits per heavy atom. The van der Waals surface area contributed by atoms with E-state index in [9.17, 15) is 0 Å². The lowest BCUT2D eigenvalue weighted by Gasteiger charge is -2.35. The van der Waals surface area contributed by atoms with Crippen molar-refractivity contribution in [2.45, 2.75) is 76.0 Å². The fourth-order valence-electron chi connectivity index (χ4n) is 3.14. The molecule has 2 nitrogen and oxygen atoms in total. The highest BCUT2D eigenvalue weighted by Gasteiger charge is 2.27. The first-order valence-corrected chi connectivity index (χ1v) is 6.69. The van der Waals surface area contributed by atoms with Gasteiger partial charge in [-0.25, -0.2) is 0 Å². The van der Waals surface area contributed by atoms with E-state index in [-0.39, 0.29) is 0 Å². The smallest absolute Gasteiger partial charge is 0.0724 e. The first-order valence-electron chi connectivity index (χ1n) is 6.69. The second kappa shape index (κ2) is 5.86. The molecule has 0 aromatic carbocycles. The van der Waals surface area contributed by atoms with Crippen LogP contribution in [0.4, 0.5) is 0 Å². The van der Waals surface area contributed by atoms with Crippen LogP contribution in [0.5, 0.6) is 0 Å². The van der Waals surface area contributed by atoms with Gasteiger partial charge in [0.2, 0.25) is 0 Å². The summed E-state index contributed by atoms with van der Waals surface area (Å²) in [5, 5.41) is 3.83. The first kappa shape index (κ1) is 11.4. The molecule has 0 amide bonds. The van der Waals surface area contributed by atoms with Crippen LogP contribution in [0.3, 0.4) is 0 Å². The summed E-state index contributed by atoms with van der Waals surface area (Å²) in [5.41, 5.74) is 0. The molecule has 0 aliphatic heterocycles. The van der Waals surface area contributed by atoms with E-state index < -0.39 is 0 Å². The van der Waals surface area contributed by atoms with Crippen LogP contribution in [0.2, 0.25) is 0 Å². The number of rotatable bonds is 3. The number of nitrogens with one attached hydrogen (secondary N) is 1. The van der Waals surface area contributed by atoms with Crippen molar-refractivity contribution >= 4 is 0 Å². The molecular formula is C13H25NO. The fourth-order valence-corrected chi connectivity index (χ4v) is 3.14. The van der Waals surface area contributed by atoms with Gasteiger partial charge in [-0.3, -0.25) is 0 Å². The summed E-state index contributed by atoms with van der Waals surface area (Å²) in [4.78, 5) is 0. The Kier molecular flexibility index (Phi) is 4.45. The molecule has 0 aromatic rings. The lowest BCUT2D eigenvalue weighted by Crippen LogP contribution is -2.48. The third kappa shape index (κ3) is 3.18. The molecule has 2 saturated carbocycles. The molecule has 88 valence electrons. The van der Waals surface area contributed by atoms with E-state index in [0.29, 0.717) is 12.1 Å². The summed E-state index contributed by atoms with van der Waals surface area (Å²) in [5.74, 6) is 0. The first-order chi connectivity index (χ1) is 7.40. The minimum absolute atomic E-state index is 0.473. The molecule has 1 N–H and O–H groups in total. The second-order valence-electron chi connectivity index (χ2n) is 5.17. The van der Waals surface area contributed by atoms with Gasteiger partial charge in [0.1, 0.15) is 0 Å². The highest BCUT2D eigenvalue weighted by Crippen LogP contribution is 2.24. The maximum absolute atomic E-state index is 5.58. The zero-order valence-corrected chi connectivity index (χ0v) is 10.0. The van der Waals surface area contributed by atoms with Gasteiger partial charge in [-0.1, -0.05) is 32.1 Å². The standard InChI is InChI=1S/C13H25NO/c1-15-13-10-6-5-9-12(13)14-11-7-3-2-4-8-11/h11-14H,2-10H2,1H3/t12-,13+/m0/s1. The number of hydrogen-bond acceptors (Lipinski definition) is 2. The maximum atomic E-state index is 5.58. The van der Waals surface area contributed by atoms with Crippen molar-refractivity contribution in [1.82, 2.24) is 5.32 Å². The minimum Gasteiger partial charge on any atom is -0.380 e. The fraction of sp³-hybridized carbons (Fsp3) is 1.00. The summed E-state index contributed by atoms with van der Waals surface area (Å²) in [6, 6.07) is 1.41. The molecule has 0 spiro atoms. The molecule has 0 heterocycles. The zero-order valence-electron chi connectivity index (χ0n) is 10.0. The summed E-state index contributed by atoms with van der Waals surface area (Å²) in [6.07, 6.45) is 12.8. The van der Waals surface area contributed by atoms with Gasteiger partial charge in [0.05, 0.1) is 6.10 Å². The molecule has 2 atom stereocenters. The quantitative estimate of drug-likeness (QED) is 0.775. The predicted molar refractivity (Wildman–Crippen MR) is 63.1 cm³/mol. The lowest BCUT2D eigenvalue weighted by atomic mass is 9.89. The van der Waals surface area contributed by atoms with Gasteiger partial charge in [0.15, 0.2) is 0 Å². The van der Waals surface area contributed by atoms with Crippen LogP contribution in [0, 0.1) is 0 Å². The van der Waals surface area contributed by atoms with Gasteiger partial charge in [0.25, 0.3) is 0 Å². The highest BCUT2D eigenvalue weighted by atomic mass is 16.5. The van der Waals surface area contributed by atoms with Crippen molar-refractivity contribution in [3.05, 3.63) is 0 Å². The Morgan fingerprint density at radius 3 is 2.27 bits per heavy atom. The van der Waals surface area contributed by atoms with E-state index in [2.05, 4.69) is 5.32 Å². The van der Waals surface area contributed by atoms with Crippen molar-refractivity contribution in [1.29, 1.82) is 0 Å². The van der Waals surface area contributed by atoms with E-state index >= 15 is 0 Å². The minimum atomic E-state index is 0.473. The number of hydrogen-bond donors (Lipinski definition) is 1. The molecule has 0 bridgehead atoms. The maximum Gasteiger partial charge on any atom is 0.0724 e. The van der Waals surface area contributed by atoms with E-state index in [0.717, 1.165) is 6.04 Å². The van der Waals surface area contributed by atoms with Gasteiger partial charge < -0.3 is 10.1 Å². The lowest BCUT2D eigenvalue weighted by molar-refractivity contribution is 0.0358.